The van der Waals surface area contributed by atoms with Gasteiger partial charge in [-0.25, -0.2) is 0 Å². The van der Waals surface area contributed by atoms with E-state index in [0.29, 0.717) is 5.02 Å². The Balaban J connectivity index is 2.56. The summed E-state index contributed by atoms with van der Waals surface area (Å²) in [5.74, 6) is 0. The summed E-state index contributed by atoms with van der Waals surface area (Å²) in [4.78, 5) is 6.22. The fourth-order valence-electron chi connectivity index (χ4n) is 1.05. The minimum absolute atomic E-state index is 0.146. The van der Waals surface area contributed by atoms with Gasteiger partial charge in [0.15, 0.2) is 0 Å². The molecule has 1 aromatic rings. The van der Waals surface area contributed by atoms with Crippen LogP contribution in [0.1, 0.15) is 12.6 Å². The molecule has 0 aromatic carbocycles. The maximum atomic E-state index is 8.94. The molecule has 0 bridgehead atoms. The van der Waals surface area contributed by atoms with Crippen LogP contribution in [0.25, 0.3) is 0 Å². The largest absolute Gasteiger partial charge is 0.395 e. The van der Waals surface area contributed by atoms with Crippen LogP contribution in [0, 0.1) is 0 Å². The van der Waals surface area contributed by atoms with E-state index >= 15 is 0 Å². The first-order valence-corrected chi connectivity index (χ1v) is 4.93. The zero-order chi connectivity index (χ0) is 10.6. The van der Waals surface area contributed by atoms with Gasteiger partial charge in [0.05, 0.1) is 17.3 Å². The van der Waals surface area contributed by atoms with E-state index in [-0.39, 0.29) is 12.6 Å². The molecule has 0 aliphatic carbocycles. The minimum Gasteiger partial charge on any atom is -0.395 e. The molecule has 14 heavy (non-hydrogen) atoms. The van der Waals surface area contributed by atoms with Crippen molar-refractivity contribution in [1.82, 2.24) is 9.88 Å². The van der Waals surface area contributed by atoms with Crippen LogP contribution in [0.5, 0.6) is 0 Å². The molecule has 0 spiro atoms. The van der Waals surface area contributed by atoms with E-state index in [0.717, 1.165) is 12.2 Å². The van der Waals surface area contributed by atoms with Gasteiger partial charge in [0.25, 0.3) is 0 Å². The Morgan fingerprint density at radius 1 is 1.57 bits per heavy atom. The van der Waals surface area contributed by atoms with Gasteiger partial charge in [-0.15, -0.1) is 0 Å². The molecular weight excluding hydrogens is 200 g/mol. The molecule has 0 amide bonds. The summed E-state index contributed by atoms with van der Waals surface area (Å²) in [7, 11) is 1.96. The lowest BCUT2D eigenvalue weighted by Gasteiger charge is -2.22. The molecule has 1 heterocycles. The molecule has 4 heteroatoms. The molecule has 1 atom stereocenters. The lowest BCUT2D eigenvalue weighted by Crippen LogP contribution is -2.31. The van der Waals surface area contributed by atoms with Gasteiger partial charge in [-0.3, -0.25) is 9.88 Å². The fourth-order valence-corrected chi connectivity index (χ4v) is 1.16. The monoisotopic (exact) mass is 214 g/mol. The topological polar surface area (TPSA) is 36.4 Å². The first-order chi connectivity index (χ1) is 6.63. The molecule has 1 N–H and O–H groups in total. The zero-order valence-electron chi connectivity index (χ0n) is 8.44. The average Bonchev–Trinajstić information content (AvgIpc) is 2.20. The van der Waals surface area contributed by atoms with Crippen LogP contribution in [-0.2, 0) is 6.54 Å². The van der Waals surface area contributed by atoms with Gasteiger partial charge >= 0.3 is 0 Å². The number of hydrogen-bond acceptors (Lipinski definition) is 3. The summed E-state index contributed by atoms with van der Waals surface area (Å²) >= 11 is 5.72. The molecular formula is C10H15ClN2O. The van der Waals surface area contributed by atoms with E-state index < -0.39 is 0 Å². The average molecular weight is 215 g/mol. The molecule has 0 aliphatic rings. The van der Waals surface area contributed by atoms with Crippen LogP contribution in [0.15, 0.2) is 18.3 Å². The summed E-state index contributed by atoms with van der Waals surface area (Å²) in [6, 6.07) is 3.86. The lowest BCUT2D eigenvalue weighted by molar-refractivity contribution is 0.153. The Bertz CT molecular complexity index is 276. The van der Waals surface area contributed by atoms with Crippen molar-refractivity contribution >= 4 is 11.6 Å². The van der Waals surface area contributed by atoms with Crippen molar-refractivity contribution < 1.29 is 5.11 Å². The predicted molar refractivity (Wildman–Crippen MR) is 57.3 cm³/mol. The Kier molecular flexibility index (Phi) is 4.32. The second kappa shape index (κ2) is 5.29. The zero-order valence-corrected chi connectivity index (χ0v) is 9.20. The van der Waals surface area contributed by atoms with Crippen LogP contribution in [0.2, 0.25) is 5.02 Å². The van der Waals surface area contributed by atoms with E-state index in [2.05, 4.69) is 4.98 Å². The van der Waals surface area contributed by atoms with Gasteiger partial charge in [0, 0.05) is 18.8 Å². The number of hydrogen-bond donors (Lipinski definition) is 1. The van der Waals surface area contributed by atoms with Gasteiger partial charge < -0.3 is 5.11 Å². The van der Waals surface area contributed by atoms with Crippen molar-refractivity contribution in [3.05, 3.63) is 29.0 Å². The van der Waals surface area contributed by atoms with Crippen LogP contribution in [-0.4, -0.2) is 34.7 Å². The van der Waals surface area contributed by atoms with Gasteiger partial charge in [-0.05, 0) is 26.1 Å². The highest BCUT2D eigenvalue weighted by molar-refractivity contribution is 6.30. The highest BCUT2D eigenvalue weighted by Gasteiger charge is 2.08. The molecule has 78 valence electrons. The van der Waals surface area contributed by atoms with E-state index in [9.17, 15) is 0 Å². The van der Waals surface area contributed by atoms with Crippen molar-refractivity contribution in [1.29, 1.82) is 0 Å². The second-order valence-corrected chi connectivity index (χ2v) is 3.85. The molecule has 0 aliphatic heterocycles. The molecule has 0 radical (unpaired) electrons. The third kappa shape index (κ3) is 3.25. The van der Waals surface area contributed by atoms with Gasteiger partial charge in [-0.2, -0.15) is 0 Å². The SMILES string of the molecule is CC(CO)N(C)Cc1ccc(Cl)cn1. The Labute approximate surface area is 89.3 Å². The summed E-state index contributed by atoms with van der Waals surface area (Å²) in [5.41, 5.74) is 0.956. The van der Waals surface area contributed by atoms with Crippen molar-refractivity contribution in [3.63, 3.8) is 0 Å². The highest BCUT2D eigenvalue weighted by atomic mass is 35.5. The third-order valence-corrected chi connectivity index (χ3v) is 2.44. The Morgan fingerprint density at radius 2 is 2.29 bits per heavy atom. The summed E-state index contributed by atoms with van der Waals surface area (Å²) in [6.45, 7) is 2.85. The number of rotatable bonds is 4. The van der Waals surface area contributed by atoms with Crippen molar-refractivity contribution in [2.45, 2.75) is 19.5 Å². The fraction of sp³-hybridized carbons (Fsp3) is 0.500. The number of nitrogens with zero attached hydrogens (tertiary/aromatic N) is 2. The lowest BCUT2D eigenvalue weighted by atomic mass is 10.3. The number of aliphatic hydroxyl groups excluding tert-OH is 1. The van der Waals surface area contributed by atoms with Gasteiger partial charge in [-0.1, -0.05) is 11.6 Å². The number of aliphatic hydroxyl groups is 1. The number of halogens is 1. The standard InChI is InChI=1S/C10H15ClN2O/c1-8(7-14)13(2)6-10-4-3-9(11)5-12-10/h3-5,8,14H,6-7H2,1-2H3. The van der Waals surface area contributed by atoms with Crippen LogP contribution in [0.4, 0.5) is 0 Å². The number of aromatic nitrogens is 1. The van der Waals surface area contributed by atoms with Gasteiger partial charge in [0.1, 0.15) is 0 Å². The minimum atomic E-state index is 0.146. The predicted octanol–water partition coefficient (Wildman–Crippen LogP) is 1.55. The third-order valence-electron chi connectivity index (χ3n) is 2.22. The van der Waals surface area contributed by atoms with E-state index in [1.54, 1.807) is 6.20 Å². The molecule has 3 nitrogen and oxygen atoms in total. The summed E-state index contributed by atoms with van der Waals surface area (Å²) in [5, 5.41) is 9.59. The summed E-state index contributed by atoms with van der Waals surface area (Å²) in [6.07, 6.45) is 1.63. The maximum absolute atomic E-state index is 8.94. The first-order valence-electron chi connectivity index (χ1n) is 4.55. The van der Waals surface area contributed by atoms with Crippen molar-refractivity contribution in [2.75, 3.05) is 13.7 Å². The van der Waals surface area contributed by atoms with Crippen LogP contribution < -0.4 is 0 Å². The maximum Gasteiger partial charge on any atom is 0.0589 e. The van der Waals surface area contributed by atoms with Gasteiger partial charge in [0.2, 0.25) is 0 Å². The second-order valence-electron chi connectivity index (χ2n) is 3.41. The van der Waals surface area contributed by atoms with E-state index in [1.807, 2.05) is 31.0 Å². The molecule has 0 saturated carbocycles. The molecule has 0 fully saturated rings. The smallest absolute Gasteiger partial charge is 0.0589 e. The Hall–Kier alpha value is -0.640. The Morgan fingerprint density at radius 3 is 2.79 bits per heavy atom. The molecule has 1 rings (SSSR count). The van der Waals surface area contributed by atoms with E-state index in [1.165, 1.54) is 0 Å². The number of pyridine rings is 1. The normalized spacial score (nSPS) is 13.2. The van der Waals surface area contributed by atoms with Crippen LogP contribution in [0.3, 0.4) is 0 Å². The van der Waals surface area contributed by atoms with E-state index in [4.69, 9.17) is 16.7 Å². The first kappa shape index (κ1) is 11.4. The molecule has 1 unspecified atom stereocenters. The quantitative estimate of drug-likeness (QED) is 0.826. The van der Waals surface area contributed by atoms with Crippen molar-refractivity contribution in [2.24, 2.45) is 0 Å². The highest BCUT2D eigenvalue weighted by Crippen LogP contribution is 2.08. The molecule has 1 aromatic heterocycles. The number of likely N-dealkylation sites (N-methyl/N-ethyl adjacent to an activating group) is 1. The molecule has 0 saturated heterocycles. The van der Waals surface area contributed by atoms with Crippen LogP contribution >= 0.6 is 11.6 Å². The summed E-state index contributed by atoms with van der Waals surface area (Å²) < 4.78 is 0. The van der Waals surface area contributed by atoms with Crippen molar-refractivity contribution in [3.8, 4) is 0 Å².